The lowest BCUT2D eigenvalue weighted by Crippen LogP contribution is -2.30. The van der Waals surface area contributed by atoms with Crippen molar-refractivity contribution in [3.63, 3.8) is 0 Å². The minimum Gasteiger partial charge on any atom is -0.271 e. The van der Waals surface area contributed by atoms with Gasteiger partial charge in [0.15, 0.2) is 0 Å². The molecule has 0 heterocycles. The van der Waals surface area contributed by atoms with E-state index in [1.165, 1.54) is 55.2 Å². The smallest absolute Gasteiger partial charge is 0.0465 e. The van der Waals surface area contributed by atoms with Gasteiger partial charge in [0.05, 0.1) is 0 Å². The number of benzene rings is 1. The van der Waals surface area contributed by atoms with E-state index in [9.17, 15) is 0 Å². The van der Waals surface area contributed by atoms with Crippen LogP contribution in [0.5, 0.6) is 0 Å². The van der Waals surface area contributed by atoms with Gasteiger partial charge in [-0.15, -0.1) is 0 Å². The molecule has 0 radical (unpaired) electrons. The average molecular weight is 246 g/mol. The van der Waals surface area contributed by atoms with Crippen molar-refractivity contribution in [2.45, 2.75) is 58.4 Å². The largest absolute Gasteiger partial charge is 0.271 e. The first-order valence-electron chi connectivity index (χ1n) is 7.24. The molecule has 2 nitrogen and oxygen atoms in total. The molecule has 1 aromatic carbocycles. The third-order valence-corrected chi connectivity index (χ3v) is 4.30. The topological polar surface area (TPSA) is 38.0 Å². The molecule has 1 unspecified atom stereocenters. The maximum atomic E-state index is 5.78. The van der Waals surface area contributed by atoms with Crippen LogP contribution < -0.4 is 11.3 Å². The van der Waals surface area contributed by atoms with E-state index in [2.05, 4.69) is 37.5 Å². The molecule has 0 spiro atoms. The molecule has 1 aliphatic rings. The zero-order valence-electron chi connectivity index (χ0n) is 11.7. The highest BCUT2D eigenvalue weighted by atomic mass is 15.2. The molecule has 0 amide bonds. The van der Waals surface area contributed by atoms with Crippen LogP contribution in [0.1, 0.15) is 61.3 Å². The van der Waals surface area contributed by atoms with Gasteiger partial charge in [-0.25, -0.2) is 0 Å². The van der Waals surface area contributed by atoms with Crippen molar-refractivity contribution >= 4 is 0 Å². The third-order valence-electron chi connectivity index (χ3n) is 4.30. The van der Waals surface area contributed by atoms with E-state index in [0.717, 1.165) is 5.92 Å². The van der Waals surface area contributed by atoms with Crippen LogP contribution in [0, 0.1) is 19.8 Å². The quantitative estimate of drug-likeness (QED) is 0.627. The summed E-state index contributed by atoms with van der Waals surface area (Å²) in [7, 11) is 0. The van der Waals surface area contributed by atoms with Gasteiger partial charge in [-0.1, -0.05) is 55.9 Å². The maximum absolute atomic E-state index is 5.78. The summed E-state index contributed by atoms with van der Waals surface area (Å²) in [4.78, 5) is 0. The number of rotatable bonds is 4. The number of aryl methyl sites for hydroxylation is 2. The molecule has 1 aromatic rings. The summed E-state index contributed by atoms with van der Waals surface area (Å²) < 4.78 is 0. The summed E-state index contributed by atoms with van der Waals surface area (Å²) in [6, 6.07) is 6.99. The first-order chi connectivity index (χ1) is 8.70. The Balaban J connectivity index is 2.07. The molecule has 1 saturated carbocycles. The molecule has 0 aliphatic heterocycles. The first kappa shape index (κ1) is 13.6. The van der Waals surface area contributed by atoms with Crippen LogP contribution in [-0.2, 0) is 0 Å². The van der Waals surface area contributed by atoms with Gasteiger partial charge in [-0.3, -0.25) is 11.3 Å². The van der Waals surface area contributed by atoms with Crippen molar-refractivity contribution in [1.29, 1.82) is 0 Å². The van der Waals surface area contributed by atoms with Crippen LogP contribution in [0.2, 0.25) is 0 Å². The van der Waals surface area contributed by atoms with Crippen molar-refractivity contribution in [2.75, 3.05) is 0 Å². The van der Waals surface area contributed by atoms with E-state index < -0.39 is 0 Å². The number of hydrazine groups is 1. The van der Waals surface area contributed by atoms with Crippen LogP contribution in [0.15, 0.2) is 18.2 Å². The minimum absolute atomic E-state index is 0.314. The number of hydrogen-bond donors (Lipinski definition) is 2. The lowest BCUT2D eigenvalue weighted by Gasteiger charge is -2.27. The molecule has 1 fully saturated rings. The van der Waals surface area contributed by atoms with Crippen molar-refractivity contribution in [3.05, 3.63) is 34.9 Å². The molecule has 18 heavy (non-hydrogen) atoms. The second-order valence-electron chi connectivity index (χ2n) is 5.82. The molecule has 0 aromatic heterocycles. The Morgan fingerprint density at radius 2 is 1.94 bits per heavy atom. The van der Waals surface area contributed by atoms with E-state index in [-0.39, 0.29) is 0 Å². The molecule has 2 heteroatoms. The molecule has 100 valence electrons. The lowest BCUT2D eigenvalue weighted by atomic mass is 9.83. The van der Waals surface area contributed by atoms with E-state index in [4.69, 9.17) is 5.84 Å². The number of hydrogen-bond acceptors (Lipinski definition) is 2. The van der Waals surface area contributed by atoms with Crippen molar-refractivity contribution in [2.24, 2.45) is 11.8 Å². The summed E-state index contributed by atoms with van der Waals surface area (Å²) in [6.45, 7) is 4.33. The predicted octanol–water partition coefficient (Wildman–Crippen LogP) is 3.78. The second-order valence-corrected chi connectivity index (χ2v) is 5.82. The molecule has 2 rings (SSSR count). The van der Waals surface area contributed by atoms with E-state index in [1.807, 2.05) is 0 Å². The van der Waals surface area contributed by atoms with Gasteiger partial charge >= 0.3 is 0 Å². The Labute approximate surface area is 111 Å². The fourth-order valence-electron chi connectivity index (χ4n) is 3.26. The highest BCUT2D eigenvalue weighted by Crippen LogP contribution is 2.32. The fourth-order valence-corrected chi connectivity index (χ4v) is 3.26. The average Bonchev–Trinajstić information content (AvgIpc) is 2.38. The Kier molecular flexibility index (Phi) is 4.79. The van der Waals surface area contributed by atoms with Gasteiger partial charge in [0.2, 0.25) is 0 Å². The Morgan fingerprint density at radius 3 is 2.56 bits per heavy atom. The van der Waals surface area contributed by atoms with E-state index >= 15 is 0 Å². The van der Waals surface area contributed by atoms with Gasteiger partial charge in [0.1, 0.15) is 0 Å². The highest BCUT2D eigenvalue weighted by Gasteiger charge is 2.20. The predicted molar refractivity (Wildman–Crippen MR) is 77.2 cm³/mol. The van der Waals surface area contributed by atoms with Crippen LogP contribution >= 0.6 is 0 Å². The standard InChI is InChI=1S/C16H26N2/c1-12-8-9-15(13(2)10-12)16(18-17)11-14-6-4-3-5-7-14/h8-10,14,16,18H,3-7,11,17H2,1-2H3. The third kappa shape index (κ3) is 3.33. The summed E-state index contributed by atoms with van der Waals surface area (Å²) in [5.41, 5.74) is 7.07. The van der Waals surface area contributed by atoms with Crippen molar-refractivity contribution < 1.29 is 0 Å². The molecular formula is C16H26N2. The van der Waals surface area contributed by atoms with Crippen LogP contribution in [0.25, 0.3) is 0 Å². The monoisotopic (exact) mass is 246 g/mol. The van der Waals surface area contributed by atoms with Crippen LogP contribution in [0.3, 0.4) is 0 Å². The van der Waals surface area contributed by atoms with Gasteiger partial charge < -0.3 is 0 Å². The fraction of sp³-hybridized carbons (Fsp3) is 0.625. The summed E-state index contributed by atoms with van der Waals surface area (Å²) in [5.74, 6) is 6.63. The molecular weight excluding hydrogens is 220 g/mol. The summed E-state index contributed by atoms with van der Waals surface area (Å²) >= 11 is 0. The molecule has 1 atom stereocenters. The molecule has 1 aliphatic carbocycles. The van der Waals surface area contributed by atoms with Gasteiger partial charge in [-0.2, -0.15) is 0 Å². The zero-order valence-corrected chi connectivity index (χ0v) is 11.7. The first-order valence-corrected chi connectivity index (χ1v) is 7.24. The Morgan fingerprint density at radius 1 is 1.22 bits per heavy atom. The van der Waals surface area contributed by atoms with Crippen molar-refractivity contribution in [3.8, 4) is 0 Å². The SMILES string of the molecule is Cc1ccc(C(CC2CCCCC2)NN)c(C)c1. The van der Waals surface area contributed by atoms with E-state index in [0.29, 0.717) is 6.04 Å². The van der Waals surface area contributed by atoms with Gasteiger partial charge in [0, 0.05) is 6.04 Å². The van der Waals surface area contributed by atoms with Crippen LogP contribution in [0.4, 0.5) is 0 Å². The molecule has 0 bridgehead atoms. The summed E-state index contributed by atoms with van der Waals surface area (Å²) in [5, 5.41) is 0. The Hall–Kier alpha value is -0.860. The lowest BCUT2D eigenvalue weighted by molar-refractivity contribution is 0.300. The van der Waals surface area contributed by atoms with Crippen LogP contribution in [-0.4, -0.2) is 0 Å². The molecule has 3 N–H and O–H groups in total. The normalized spacial score (nSPS) is 18.8. The highest BCUT2D eigenvalue weighted by molar-refractivity contribution is 5.32. The van der Waals surface area contributed by atoms with Crippen molar-refractivity contribution in [1.82, 2.24) is 5.43 Å². The number of nitrogens with two attached hydrogens (primary N) is 1. The maximum Gasteiger partial charge on any atom is 0.0465 e. The Bertz CT molecular complexity index is 381. The second kappa shape index (κ2) is 6.35. The minimum atomic E-state index is 0.314. The van der Waals surface area contributed by atoms with E-state index in [1.54, 1.807) is 0 Å². The van der Waals surface area contributed by atoms with Gasteiger partial charge in [0.25, 0.3) is 0 Å². The zero-order chi connectivity index (χ0) is 13.0. The number of nitrogens with one attached hydrogen (secondary N) is 1. The molecule has 0 saturated heterocycles. The van der Waals surface area contributed by atoms with Gasteiger partial charge in [-0.05, 0) is 37.3 Å². The summed E-state index contributed by atoms with van der Waals surface area (Å²) in [6.07, 6.45) is 8.15.